The van der Waals surface area contributed by atoms with Crippen LogP contribution in [0.3, 0.4) is 0 Å². The number of nitrogens with zero attached hydrogens (tertiary/aromatic N) is 1. The molecule has 0 fully saturated rings. The number of rotatable bonds is 3. The van der Waals surface area contributed by atoms with Gasteiger partial charge in [0.05, 0.1) is 5.52 Å². The van der Waals surface area contributed by atoms with E-state index >= 15 is 0 Å². The lowest BCUT2D eigenvalue weighted by Gasteiger charge is -2.10. The summed E-state index contributed by atoms with van der Waals surface area (Å²) in [7, 11) is 0. The number of nitrogens with two attached hydrogens (primary N) is 1. The van der Waals surface area contributed by atoms with Crippen molar-refractivity contribution in [3.8, 4) is 0 Å². The summed E-state index contributed by atoms with van der Waals surface area (Å²) in [5.74, 6) is 1.08. The Kier molecular flexibility index (Phi) is 3.32. The van der Waals surface area contributed by atoms with E-state index in [1.54, 1.807) is 0 Å². The highest BCUT2D eigenvalue weighted by atomic mass is 14.8. The third-order valence-electron chi connectivity index (χ3n) is 3.10. The average Bonchev–Trinajstić information content (AvgIpc) is 2.28. The van der Waals surface area contributed by atoms with E-state index in [0.717, 1.165) is 17.5 Å². The van der Waals surface area contributed by atoms with E-state index in [1.807, 2.05) is 0 Å². The maximum Gasteiger partial charge on any atom is 0.127 e. The summed E-state index contributed by atoms with van der Waals surface area (Å²) >= 11 is 0. The third-order valence-corrected chi connectivity index (χ3v) is 3.10. The van der Waals surface area contributed by atoms with Crippen molar-refractivity contribution in [2.75, 3.05) is 5.73 Å². The second-order valence-corrected chi connectivity index (χ2v) is 4.89. The summed E-state index contributed by atoms with van der Waals surface area (Å²) < 4.78 is 0. The van der Waals surface area contributed by atoms with Crippen LogP contribution in [-0.4, -0.2) is 4.98 Å². The molecule has 2 heteroatoms. The molecule has 0 aliphatic carbocycles. The molecular formula is C15H20N2. The minimum atomic E-state index is 0.418. The SMILES string of the molecule is CCCc1ccc2nc(N)c(C(C)C)cc2c1. The van der Waals surface area contributed by atoms with Gasteiger partial charge in [0.15, 0.2) is 0 Å². The van der Waals surface area contributed by atoms with Gasteiger partial charge in [0.25, 0.3) is 0 Å². The largest absolute Gasteiger partial charge is 0.383 e. The molecule has 0 aliphatic heterocycles. The lowest BCUT2D eigenvalue weighted by molar-refractivity contribution is 0.866. The van der Waals surface area contributed by atoms with Gasteiger partial charge in [-0.1, -0.05) is 33.3 Å². The molecule has 2 rings (SSSR count). The lowest BCUT2D eigenvalue weighted by Crippen LogP contribution is -2.00. The normalized spacial score (nSPS) is 11.3. The molecule has 0 radical (unpaired) electrons. The van der Waals surface area contributed by atoms with E-state index in [2.05, 4.69) is 50.0 Å². The highest BCUT2D eigenvalue weighted by Crippen LogP contribution is 2.25. The van der Waals surface area contributed by atoms with Crippen LogP contribution in [0.4, 0.5) is 5.82 Å². The maximum absolute atomic E-state index is 5.97. The summed E-state index contributed by atoms with van der Waals surface area (Å²) in [5, 5.41) is 1.20. The summed E-state index contributed by atoms with van der Waals surface area (Å²) in [6.45, 7) is 6.50. The van der Waals surface area contributed by atoms with Crippen molar-refractivity contribution in [3.63, 3.8) is 0 Å². The quantitative estimate of drug-likeness (QED) is 0.865. The highest BCUT2D eigenvalue weighted by molar-refractivity contribution is 5.82. The predicted octanol–water partition coefficient (Wildman–Crippen LogP) is 3.89. The molecule has 17 heavy (non-hydrogen) atoms. The summed E-state index contributed by atoms with van der Waals surface area (Å²) in [4.78, 5) is 4.48. The minimum absolute atomic E-state index is 0.418. The third kappa shape index (κ3) is 2.41. The number of anilines is 1. The molecule has 2 aromatic rings. The number of fused-ring (bicyclic) bond motifs is 1. The van der Waals surface area contributed by atoms with E-state index < -0.39 is 0 Å². The van der Waals surface area contributed by atoms with Crippen molar-refractivity contribution in [2.24, 2.45) is 0 Å². The molecule has 0 bridgehead atoms. The Labute approximate surface area is 103 Å². The fourth-order valence-corrected chi connectivity index (χ4v) is 2.16. The zero-order valence-corrected chi connectivity index (χ0v) is 10.8. The molecule has 0 unspecified atom stereocenters. The molecule has 0 saturated carbocycles. The van der Waals surface area contributed by atoms with Crippen molar-refractivity contribution >= 4 is 16.7 Å². The Balaban J connectivity index is 2.56. The molecule has 90 valence electrons. The zero-order valence-electron chi connectivity index (χ0n) is 10.8. The molecule has 0 amide bonds. The highest BCUT2D eigenvalue weighted by Gasteiger charge is 2.07. The number of pyridine rings is 1. The Hall–Kier alpha value is -1.57. The van der Waals surface area contributed by atoms with Crippen LogP contribution in [0.15, 0.2) is 24.3 Å². The lowest BCUT2D eigenvalue weighted by atomic mass is 10.0. The van der Waals surface area contributed by atoms with Crippen LogP contribution < -0.4 is 5.73 Å². The van der Waals surface area contributed by atoms with Crippen LogP contribution in [0.25, 0.3) is 10.9 Å². The van der Waals surface area contributed by atoms with Crippen LogP contribution in [-0.2, 0) is 6.42 Å². The molecule has 1 aromatic heterocycles. The van der Waals surface area contributed by atoms with Gasteiger partial charge in [0.1, 0.15) is 5.82 Å². The summed E-state index contributed by atoms with van der Waals surface area (Å²) in [6.07, 6.45) is 2.29. The van der Waals surface area contributed by atoms with Gasteiger partial charge in [-0.25, -0.2) is 4.98 Å². The van der Waals surface area contributed by atoms with Crippen LogP contribution in [0, 0.1) is 0 Å². The van der Waals surface area contributed by atoms with Crippen LogP contribution in [0.1, 0.15) is 44.2 Å². The fourth-order valence-electron chi connectivity index (χ4n) is 2.16. The number of hydrogen-bond donors (Lipinski definition) is 1. The Morgan fingerprint density at radius 3 is 2.65 bits per heavy atom. The molecule has 2 nitrogen and oxygen atoms in total. The van der Waals surface area contributed by atoms with Gasteiger partial charge >= 0.3 is 0 Å². The number of hydrogen-bond acceptors (Lipinski definition) is 2. The number of benzene rings is 1. The Bertz CT molecular complexity index is 530. The van der Waals surface area contributed by atoms with Crippen molar-refractivity contribution < 1.29 is 0 Å². The van der Waals surface area contributed by atoms with E-state index in [0.29, 0.717) is 11.7 Å². The second kappa shape index (κ2) is 4.74. The van der Waals surface area contributed by atoms with E-state index in [9.17, 15) is 0 Å². The van der Waals surface area contributed by atoms with Gasteiger partial charge in [-0.15, -0.1) is 0 Å². The minimum Gasteiger partial charge on any atom is -0.383 e. The van der Waals surface area contributed by atoms with E-state index in [4.69, 9.17) is 5.73 Å². The first kappa shape index (κ1) is 11.9. The van der Waals surface area contributed by atoms with Crippen molar-refractivity contribution in [1.29, 1.82) is 0 Å². The zero-order chi connectivity index (χ0) is 12.4. The van der Waals surface area contributed by atoms with E-state index in [-0.39, 0.29) is 0 Å². The molecule has 1 aromatic carbocycles. The van der Waals surface area contributed by atoms with Crippen LogP contribution in [0.5, 0.6) is 0 Å². The number of aryl methyl sites for hydroxylation is 1. The van der Waals surface area contributed by atoms with Gasteiger partial charge in [-0.3, -0.25) is 0 Å². The number of aromatic nitrogens is 1. The van der Waals surface area contributed by atoms with Gasteiger partial charge in [-0.05, 0) is 41.7 Å². The smallest absolute Gasteiger partial charge is 0.127 e. The van der Waals surface area contributed by atoms with Gasteiger partial charge < -0.3 is 5.73 Å². The molecule has 0 aliphatic rings. The maximum atomic E-state index is 5.97. The monoisotopic (exact) mass is 228 g/mol. The molecular weight excluding hydrogens is 208 g/mol. The Morgan fingerprint density at radius 1 is 1.24 bits per heavy atom. The first-order valence-corrected chi connectivity index (χ1v) is 6.31. The van der Waals surface area contributed by atoms with Crippen LogP contribution in [0.2, 0.25) is 0 Å². The first-order chi connectivity index (χ1) is 8.11. The Morgan fingerprint density at radius 2 is 2.00 bits per heavy atom. The van der Waals surface area contributed by atoms with Crippen LogP contribution >= 0.6 is 0 Å². The number of nitrogen functional groups attached to an aromatic ring is 1. The summed E-state index contributed by atoms with van der Waals surface area (Å²) in [6, 6.07) is 8.63. The predicted molar refractivity (Wildman–Crippen MR) is 74.2 cm³/mol. The topological polar surface area (TPSA) is 38.9 Å². The van der Waals surface area contributed by atoms with Crippen molar-refractivity contribution in [1.82, 2.24) is 4.98 Å². The first-order valence-electron chi connectivity index (χ1n) is 6.31. The van der Waals surface area contributed by atoms with Gasteiger partial charge in [-0.2, -0.15) is 0 Å². The molecule has 0 spiro atoms. The molecule has 1 heterocycles. The van der Waals surface area contributed by atoms with Crippen molar-refractivity contribution in [2.45, 2.75) is 39.5 Å². The van der Waals surface area contributed by atoms with Gasteiger partial charge in [0, 0.05) is 5.39 Å². The molecule has 2 N–H and O–H groups in total. The molecule has 0 saturated heterocycles. The van der Waals surface area contributed by atoms with Crippen molar-refractivity contribution in [3.05, 3.63) is 35.4 Å². The summed E-state index contributed by atoms with van der Waals surface area (Å²) in [5.41, 5.74) is 9.49. The second-order valence-electron chi connectivity index (χ2n) is 4.89. The average molecular weight is 228 g/mol. The fraction of sp³-hybridized carbons (Fsp3) is 0.400. The van der Waals surface area contributed by atoms with Gasteiger partial charge in [0.2, 0.25) is 0 Å². The standard InChI is InChI=1S/C15H20N2/c1-4-5-11-6-7-14-12(8-11)9-13(10(2)3)15(16)17-14/h6-10H,4-5H2,1-3H3,(H2,16,17). The molecule has 0 atom stereocenters. The van der Waals surface area contributed by atoms with E-state index in [1.165, 1.54) is 17.4 Å².